The molecule has 0 fully saturated rings. The molecule has 0 bridgehead atoms. The fourth-order valence-corrected chi connectivity index (χ4v) is 0.0907. The molecule has 0 aliphatic carbocycles. The third kappa shape index (κ3) is 66.7. The Morgan fingerprint density at radius 2 is 1.17 bits per heavy atom. The van der Waals surface area contributed by atoms with Gasteiger partial charge in [-0.25, -0.2) is 0 Å². The van der Waals surface area contributed by atoms with Crippen molar-refractivity contribution in [3.8, 4) is 0 Å². The van der Waals surface area contributed by atoms with E-state index < -0.39 is 11.4 Å². The molecule has 0 heterocycles. The molecule has 0 radical (unpaired) electrons. The van der Waals surface area contributed by atoms with Crippen molar-refractivity contribution < 1.29 is 84.9 Å². The molecule has 0 amide bonds. The molecule has 0 aliphatic heterocycles. The molecule has 2 N–H and O–H groups in total. The van der Waals surface area contributed by atoms with Gasteiger partial charge in [0.1, 0.15) is 12.6 Å². The van der Waals surface area contributed by atoms with E-state index in [1.807, 2.05) is 0 Å². The fourth-order valence-electron chi connectivity index (χ4n) is 0.0907. The van der Waals surface area contributed by atoms with Crippen molar-refractivity contribution in [1.82, 2.24) is 0 Å². The van der Waals surface area contributed by atoms with E-state index in [4.69, 9.17) is 13.3 Å². The maximum absolute atomic E-state index is 9.32. The Morgan fingerprint density at radius 3 is 1.25 bits per heavy atom. The summed E-state index contributed by atoms with van der Waals surface area (Å²) in [6.45, 7) is 0. The zero-order chi connectivity index (χ0) is 8.41. The largest absolute Gasteiger partial charge is 1.00 e. The summed E-state index contributed by atoms with van der Waals surface area (Å²) in [5.74, 6) is 0. The van der Waals surface area contributed by atoms with Gasteiger partial charge in [-0.1, -0.05) is 0 Å². The van der Waals surface area contributed by atoms with Gasteiger partial charge >= 0.3 is 59.1 Å². The van der Waals surface area contributed by atoms with E-state index in [9.17, 15) is 9.59 Å². The summed E-state index contributed by atoms with van der Waals surface area (Å²) in [5, 5.41) is 0. The van der Waals surface area contributed by atoms with Crippen LogP contribution in [0.25, 0.3) is 0 Å². The van der Waals surface area contributed by atoms with E-state index in [1.54, 1.807) is 0 Å². The summed E-state index contributed by atoms with van der Waals surface area (Å²) in [6.07, 6.45) is 3.36. The molecule has 0 spiro atoms. The van der Waals surface area contributed by atoms with Gasteiger partial charge < -0.3 is 2.85 Å². The van der Waals surface area contributed by atoms with E-state index in [0.29, 0.717) is 12.6 Å². The Hall–Kier alpha value is 1.15. The van der Waals surface area contributed by atoms with Crippen LogP contribution < -0.4 is 59.1 Å². The van der Waals surface area contributed by atoms with Crippen LogP contribution in [0.2, 0.25) is 0 Å². The number of hydrogen-bond acceptors (Lipinski definition) is 3. The minimum Gasteiger partial charge on any atom is -1.00 e. The normalized spacial score (nSPS) is 7.25. The molecule has 0 aromatic heterocycles. The summed E-state index contributed by atoms with van der Waals surface area (Å²) in [7, 11) is 0. The van der Waals surface area contributed by atoms with Gasteiger partial charge in [-0.3, -0.25) is 18.7 Å². The van der Waals surface area contributed by atoms with Crippen molar-refractivity contribution in [2.75, 3.05) is 0 Å². The Balaban J connectivity index is -0.0000000185. The molecule has 0 rings (SSSR count). The Morgan fingerprint density at radius 1 is 1.00 bits per heavy atom. The molecule has 0 atom stereocenters. The maximum Gasteiger partial charge on any atom is 1.00 e. The quantitative estimate of drug-likeness (QED) is 0.206. The second kappa shape index (κ2) is 22.7. The zero-order valence-electron chi connectivity index (χ0n) is 8.84. The molecule has 0 unspecified atom stereocenters. The van der Waals surface area contributed by atoms with Gasteiger partial charge in [0.2, 0.25) is 0 Å². The Bertz CT molecular complexity index is 143. The van der Waals surface area contributed by atoms with E-state index in [-0.39, 0.29) is 62.0 Å². The summed E-state index contributed by atoms with van der Waals surface area (Å²) in [6, 6.07) is 0. The Labute approximate surface area is 120 Å². The summed E-state index contributed by atoms with van der Waals surface area (Å²) in [5.41, 5.74) is 0. The van der Waals surface area contributed by atoms with E-state index in [0.717, 1.165) is 12.2 Å². The second-order valence-electron chi connectivity index (χ2n) is 0.888. The van der Waals surface area contributed by atoms with Crippen LogP contribution >= 0.6 is 0 Å². The first-order valence-electron chi connectivity index (χ1n) is 2.00. The van der Waals surface area contributed by atoms with Crippen molar-refractivity contribution in [1.29, 1.82) is 0 Å². The number of rotatable bonds is 2. The Kier molecular flexibility index (Phi) is 43.9. The SMILES string of the molecule is O=C/C=C\C=O.O=S(O)O.[H-].[H-].[Na+].[Na+]. The zero-order valence-corrected chi connectivity index (χ0v) is 11.7. The second-order valence-corrected chi connectivity index (χ2v) is 1.35. The van der Waals surface area contributed by atoms with Crippen molar-refractivity contribution in [2.24, 2.45) is 0 Å². The summed E-state index contributed by atoms with van der Waals surface area (Å²) >= 11 is -2.61. The average molecular weight is 214 g/mol. The predicted molar refractivity (Wildman–Crippen MR) is 36.9 cm³/mol. The first-order chi connectivity index (χ1) is 4.65. The molecule has 62 valence electrons. The smallest absolute Gasteiger partial charge is 1.00 e. The van der Waals surface area contributed by atoms with Crippen LogP contribution in [0.15, 0.2) is 12.2 Å². The standard InChI is InChI=1S/C4H4O2.2Na.H2O3S.2H/c5-3-1-2-4-6;;;1-4(2)3;;/h1-4H;;;(H2,1,2,3);;/q;2*+1;;2*-1/b2-1-;;;;;. The molecule has 0 saturated carbocycles. The van der Waals surface area contributed by atoms with Crippen LogP contribution in [0, 0.1) is 0 Å². The average Bonchev–Trinajstić information content (AvgIpc) is 1.82. The molecular formula is C4H8Na2O5S. The van der Waals surface area contributed by atoms with Crippen LogP contribution in [-0.2, 0) is 21.0 Å². The van der Waals surface area contributed by atoms with E-state index in [2.05, 4.69) is 0 Å². The van der Waals surface area contributed by atoms with Crippen molar-refractivity contribution in [3.63, 3.8) is 0 Å². The van der Waals surface area contributed by atoms with Crippen LogP contribution in [0.5, 0.6) is 0 Å². The van der Waals surface area contributed by atoms with Crippen molar-refractivity contribution in [2.45, 2.75) is 0 Å². The third-order valence-corrected chi connectivity index (χ3v) is 0.268. The molecule has 0 aliphatic rings. The minimum atomic E-state index is -2.61. The number of hydrogen-bond donors (Lipinski definition) is 2. The summed E-state index contributed by atoms with van der Waals surface area (Å²) in [4.78, 5) is 18.6. The van der Waals surface area contributed by atoms with Crippen LogP contribution in [-0.4, -0.2) is 25.9 Å². The van der Waals surface area contributed by atoms with Gasteiger partial charge in [0.25, 0.3) is 11.4 Å². The topological polar surface area (TPSA) is 91.7 Å². The van der Waals surface area contributed by atoms with Gasteiger partial charge in [0.15, 0.2) is 0 Å². The first kappa shape index (κ1) is 23.2. The molecule has 12 heavy (non-hydrogen) atoms. The monoisotopic (exact) mass is 214 g/mol. The number of carbonyl (C=O) groups excluding carboxylic acids is 2. The molecular weight excluding hydrogens is 206 g/mol. The van der Waals surface area contributed by atoms with Crippen LogP contribution in [0.3, 0.4) is 0 Å². The van der Waals surface area contributed by atoms with Gasteiger partial charge in [-0.2, -0.15) is 4.21 Å². The van der Waals surface area contributed by atoms with Crippen molar-refractivity contribution in [3.05, 3.63) is 12.2 Å². The predicted octanol–water partition coefficient (Wildman–Crippen LogP) is -6.15. The number of aldehydes is 2. The van der Waals surface area contributed by atoms with E-state index >= 15 is 0 Å². The number of carbonyl (C=O) groups is 2. The molecule has 0 aromatic rings. The first-order valence-corrected chi connectivity index (χ1v) is 3.07. The van der Waals surface area contributed by atoms with Gasteiger partial charge in [0, 0.05) is 0 Å². The fraction of sp³-hybridized carbons (Fsp3) is 0. The number of allylic oxidation sites excluding steroid dienone is 2. The van der Waals surface area contributed by atoms with Crippen LogP contribution in [0.1, 0.15) is 2.85 Å². The molecule has 0 saturated heterocycles. The van der Waals surface area contributed by atoms with Crippen LogP contribution in [0.4, 0.5) is 0 Å². The van der Waals surface area contributed by atoms with Crippen molar-refractivity contribution >= 4 is 23.9 Å². The van der Waals surface area contributed by atoms with Gasteiger partial charge in [0.05, 0.1) is 0 Å². The molecule has 0 aromatic carbocycles. The minimum absolute atomic E-state index is 0. The van der Waals surface area contributed by atoms with E-state index in [1.165, 1.54) is 0 Å². The van der Waals surface area contributed by atoms with Gasteiger partial charge in [-0.15, -0.1) is 0 Å². The molecule has 8 heteroatoms. The molecule has 5 nitrogen and oxygen atoms in total. The van der Waals surface area contributed by atoms with Gasteiger partial charge in [-0.05, 0) is 12.2 Å². The maximum atomic E-state index is 9.32. The third-order valence-electron chi connectivity index (χ3n) is 0.268. The summed E-state index contributed by atoms with van der Waals surface area (Å²) < 4.78 is 22.8.